The molecule has 0 unspecified atom stereocenters. The van der Waals surface area contributed by atoms with Gasteiger partial charge in [-0.05, 0) is 43.7 Å². The lowest BCUT2D eigenvalue weighted by molar-refractivity contribution is -0.116. The first-order valence-corrected chi connectivity index (χ1v) is 9.79. The summed E-state index contributed by atoms with van der Waals surface area (Å²) in [4.78, 5) is 23.2. The Bertz CT molecular complexity index is 651. The Kier molecular flexibility index (Phi) is 6.12. The standard InChI is InChI=1S/C20H31N5O/c1-16-7-6-8-17(23-16)24-18(26)9-13-22-19(21-2)25-14-12-20(15-25)10-4-3-5-11-20/h6-8H,3-5,9-15H2,1-2H3,(H,21,22)(H,23,24,26). The Morgan fingerprint density at radius 1 is 1.27 bits per heavy atom. The number of guanidine groups is 1. The highest BCUT2D eigenvalue weighted by atomic mass is 16.1. The van der Waals surface area contributed by atoms with E-state index in [0.717, 1.165) is 24.7 Å². The van der Waals surface area contributed by atoms with Gasteiger partial charge in [-0.15, -0.1) is 0 Å². The van der Waals surface area contributed by atoms with Crippen molar-refractivity contribution in [3.63, 3.8) is 0 Å². The molecule has 1 aromatic heterocycles. The number of nitrogens with zero attached hydrogens (tertiary/aromatic N) is 3. The lowest BCUT2D eigenvalue weighted by Crippen LogP contribution is -2.42. The van der Waals surface area contributed by atoms with Crippen LogP contribution in [0, 0.1) is 12.3 Å². The molecule has 0 bridgehead atoms. The fourth-order valence-electron chi connectivity index (χ4n) is 4.26. The summed E-state index contributed by atoms with van der Waals surface area (Å²) in [7, 11) is 1.82. The quantitative estimate of drug-likeness (QED) is 0.642. The van der Waals surface area contributed by atoms with Crippen molar-refractivity contribution in [3.05, 3.63) is 23.9 Å². The molecule has 1 aliphatic carbocycles. The van der Waals surface area contributed by atoms with Gasteiger partial charge in [0, 0.05) is 38.8 Å². The van der Waals surface area contributed by atoms with E-state index < -0.39 is 0 Å². The number of aromatic nitrogens is 1. The van der Waals surface area contributed by atoms with Gasteiger partial charge in [-0.1, -0.05) is 25.3 Å². The van der Waals surface area contributed by atoms with Crippen LogP contribution in [-0.4, -0.2) is 48.4 Å². The van der Waals surface area contributed by atoms with Gasteiger partial charge in [0.1, 0.15) is 5.82 Å². The highest BCUT2D eigenvalue weighted by Crippen LogP contribution is 2.43. The van der Waals surface area contributed by atoms with Crippen LogP contribution in [0.15, 0.2) is 23.2 Å². The number of carbonyl (C=O) groups excluding carboxylic acids is 1. The highest BCUT2D eigenvalue weighted by Gasteiger charge is 2.39. The van der Waals surface area contributed by atoms with Gasteiger partial charge in [0.2, 0.25) is 5.91 Å². The van der Waals surface area contributed by atoms with Crippen molar-refractivity contribution >= 4 is 17.7 Å². The Morgan fingerprint density at radius 2 is 2.08 bits per heavy atom. The van der Waals surface area contributed by atoms with Crippen molar-refractivity contribution in [3.8, 4) is 0 Å². The van der Waals surface area contributed by atoms with Crippen LogP contribution in [0.4, 0.5) is 5.82 Å². The summed E-state index contributed by atoms with van der Waals surface area (Å²) in [5, 5.41) is 6.20. The monoisotopic (exact) mass is 357 g/mol. The second-order valence-corrected chi connectivity index (χ2v) is 7.67. The summed E-state index contributed by atoms with van der Waals surface area (Å²) in [5.74, 6) is 1.50. The molecule has 1 amide bonds. The molecule has 2 fully saturated rings. The zero-order chi connectivity index (χ0) is 18.4. The second-order valence-electron chi connectivity index (χ2n) is 7.67. The SMILES string of the molecule is CN=C(NCCC(=O)Nc1cccc(C)n1)N1CCC2(CCCCC2)C1. The van der Waals surface area contributed by atoms with E-state index in [4.69, 9.17) is 0 Å². The molecule has 0 aromatic carbocycles. The van der Waals surface area contributed by atoms with Gasteiger partial charge in [0.05, 0.1) is 0 Å². The molecule has 142 valence electrons. The Balaban J connectivity index is 1.44. The molecule has 0 radical (unpaired) electrons. The summed E-state index contributed by atoms with van der Waals surface area (Å²) >= 11 is 0. The van der Waals surface area contributed by atoms with Gasteiger partial charge in [0.25, 0.3) is 0 Å². The third kappa shape index (κ3) is 4.74. The van der Waals surface area contributed by atoms with E-state index in [1.54, 1.807) is 0 Å². The summed E-state index contributed by atoms with van der Waals surface area (Å²) in [6, 6.07) is 5.62. The molecule has 1 aliphatic heterocycles. The van der Waals surface area contributed by atoms with Crippen molar-refractivity contribution < 1.29 is 4.79 Å². The average Bonchev–Trinajstić information content (AvgIpc) is 3.02. The van der Waals surface area contributed by atoms with Crippen LogP contribution in [0.25, 0.3) is 0 Å². The summed E-state index contributed by atoms with van der Waals surface area (Å²) in [6.45, 7) is 4.66. The number of nitrogens with one attached hydrogen (secondary N) is 2. The maximum Gasteiger partial charge on any atom is 0.227 e. The zero-order valence-corrected chi connectivity index (χ0v) is 16.1. The summed E-state index contributed by atoms with van der Waals surface area (Å²) in [5.41, 5.74) is 1.40. The smallest absolute Gasteiger partial charge is 0.227 e. The minimum absolute atomic E-state index is 0.0313. The first-order valence-electron chi connectivity index (χ1n) is 9.79. The first-order chi connectivity index (χ1) is 12.6. The molecule has 2 heterocycles. The molecular weight excluding hydrogens is 326 g/mol. The normalized spacial score (nSPS) is 19.6. The number of aliphatic imine (C=N–C) groups is 1. The number of hydrogen-bond acceptors (Lipinski definition) is 3. The predicted molar refractivity (Wildman–Crippen MR) is 105 cm³/mol. The number of rotatable bonds is 4. The molecular formula is C20H31N5O. The first kappa shape index (κ1) is 18.7. The molecule has 1 saturated heterocycles. The Hall–Kier alpha value is -2.11. The van der Waals surface area contributed by atoms with Gasteiger partial charge < -0.3 is 15.5 Å². The van der Waals surface area contributed by atoms with Crippen LogP contribution < -0.4 is 10.6 Å². The van der Waals surface area contributed by atoms with Crippen LogP contribution in [0.2, 0.25) is 0 Å². The third-order valence-electron chi connectivity index (χ3n) is 5.65. The van der Waals surface area contributed by atoms with Crippen LogP contribution in [0.1, 0.15) is 50.6 Å². The lowest BCUT2D eigenvalue weighted by atomic mass is 9.73. The summed E-state index contributed by atoms with van der Waals surface area (Å²) < 4.78 is 0. The fraction of sp³-hybridized carbons (Fsp3) is 0.650. The van der Waals surface area contributed by atoms with E-state index in [2.05, 4.69) is 25.5 Å². The molecule has 0 atom stereocenters. The Morgan fingerprint density at radius 3 is 2.81 bits per heavy atom. The van der Waals surface area contributed by atoms with Crippen LogP contribution in [0.5, 0.6) is 0 Å². The van der Waals surface area contributed by atoms with E-state index >= 15 is 0 Å². The van der Waals surface area contributed by atoms with Crippen molar-refractivity contribution in [2.45, 2.75) is 51.9 Å². The molecule has 1 aromatic rings. The lowest BCUT2D eigenvalue weighted by Gasteiger charge is -2.33. The third-order valence-corrected chi connectivity index (χ3v) is 5.65. The number of pyridine rings is 1. The van der Waals surface area contributed by atoms with Gasteiger partial charge in [-0.25, -0.2) is 4.98 Å². The minimum atomic E-state index is -0.0313. The van der Waals surface area contributed by atoms with Crippen molar-refractivity contribution in [1.82, 2.24) is 15.2 Å². The zero-order valence-electron chi connectivity index (χ0n) is 16.1. The number of hydrogen-bond donors (Lipinski definition) is 2. The Labute approximate surface area is 156 Å². The maximum atomic E-state index is 12.1. The van der Waals surface area contributed by atoms with Crippen LogP contribution in [0.3, 0.4) is 0 Å². The fourth-order valence-corrected chi connectivity index (χ4v) is 4.26. The minimum Gasteiger partial charge on any atom is -0.356 e. The average molecular weight is 358 g/mol. The van der Waals surface area contributed by atoms with Crippen LogP contribution >= 0.6 is 0 Å². The number of likely N-dealkylation sites (tertiary alicyclic amines) is 1. The van der Waals surface area contributed by atoms with Crippen LogP contribution in [-0.2, 0) is 4.79 Å². The van der Waals surface area contributed by atoms with E-state index in [1.165, 1.54) is 38.5 Å². The number of amides is 1. The van der Waals surface area contributed by atoms with Gasteiger partial charge in [-0.2, -0.15) is 0 Å². The van der Waals surface area contributed by atoms with Gasteiger partial charge in [-0.3, -0.25) is 9.79 Å². The van der Waals surface area contributed by atoms with Gasteiger partial charge in [0.15, 0.2) is 5.96 Å². The van der Waals surface area contributed by atoms with E-state index in [0.29, 0.717) is 24.2 Å². The molecule has 6 heteroatoms. The largest absolute Gasteiger partial charge is 0.356 e. The number of aryl methyl sites for hydroxylation is 1. The van der Waals surface area contributed by atoms with Gasteiger partial charge >= 0.3 is 0 Å². The molecule has 6 nitrogen and oxygen atoms in total. The summed E-state index contributed by atoms with van der Waals surface area (Å²) in [6.07, 6.45) is 8.50. The molecule has 1 saturated carbocycles. The predicted octanol–water partition coefficient (Wildman–Crippen LogP) is 2.95. The second kappa shape index (κ2) is 8.52. The van der Waals surface area contributed by atoms with E-state index in [-0.39, 0.29) is 5.91 Å². The number of anilines is 1. The van der Waals surface area contributed by atoms with E-state index in [1.807, 2.05) is 32.2 Å². The van der Waals surface area contributed by atoms with Crippen molar-refractivity contribution in [2.24, 2.45) is 10.4 Å². The molecule has 26 heavy (non-hydrogen) atoms. The number of carbonyl (C=O) groups is 1. The molecule has 2 aliphatic rings. The molecule has 3 rings (SSSR count). The van der Waals surface area contributed by atoms with E-state index in [9.17, 15) is 4.79 Å². The maximum absolute atomic E-state index is 12.1. The topological polar surface area (TPSA) is 69.6 Å². The molecule has 2 N–H and O–H groups in total. The highest BCUT2D eigenvalue weighted by molar-refractivity contribution is 5.90. The van der Waals surface area contributed by atoms with Crippen molar-refractivity contribution in [2.75, 3.05) is 32.0 Å². The molecule has 1 spiro atoms. The van der Waals surface area contributed by atoms with Crippen molar-refractivity contribution in [1.29, 1.82) is 0 Å².